The summed E-state index contributed by atoms with van der Waals surface area (Å²) in [7, 11) is 0. The summed E-state index contributed by atoms with van der Waals surface area (Å²) in [5.74, 6) is 0.445. The Hall–Kier alpha value is -0.760. The molecule has 1 unspecified atom stereocenters. The summed E-state index contributed by atoms with van der Waals surface area (Å²) in [6.45, 7) is 4.22. The molecule has 1 nitrogen and oxygen atoms in total. The number of carbonyl (C=O) groups excluding carboxylic acids is 1. The number of rotatable bonds is 3. The lowest BCUT2D eigenvalue weighted by atomic mass is 10.0. The van der Waals surface area contributed by atoms with Gasteiger partial charge >= 0.3 is 0 Å². The molecule has 0 radical (unpaired) electrons. The minimum atomic E-state index is -0.130. The van der Waals surface area contributed by atoms with Crippen LogP contribution in [0.25, 0.3) is 0 Å². The van der Waals surface area contributed by atoms with Crippen LogP contribution in [-0.2, 0) is 4.79 Å². The van der Waals surface area contributed by atoms with Crippen molar-refractivity contribution in [3.8, 4) is 0 Å². The predicted molar refractivity (Wildman–Crippen MR) is 68.9 cm³/mol. The van der Waals surface area contributed by atoms with E-state index in [0.29, 0.717) is 5.78 Å². The lowest BCUT2D eigenvalue weighted by molar-refractivity contribution is -0.119. The van der Waals surface area contributed by atoms with E-state index in [1.165, 1.54) is 10.5 Å². The van der Waals surface area contributed by atoms with Crippen molar-refractivity contribution in [2.45, 2.75) is 49.2 Å². The molecule has 16 heavy (non-hydrogen) atoms. The van der Waals surface area contributed by atoms with Crippen LogP contribution in [0.3, 0.4) is 0 Å². The van der Waals surface area contributed by atoms with E-state index < -0.39 is 0 Å². The standard InChI is InChI=1S/C14H18OS/c1-3-14(10-4-5-13(14)15)16-12-8-6-11(2)7-9-12/h6-9H,3-5,10H2,1-2H3. The lowest BCUT2D eigenvalue weighted by Crippen LogP contribution is -2.28. The maximum absolute atomic E-state index is 12.0. The highest BCUT2D eigenvalue weighted by Gasteiger charge is 2.41. The summed E-state index contributed by atoms with van der Waals surface area (Å²) in [6, 6.07) is 8.49. The zero-order valence-electron chi connectivity index (χ0n) is 9.95. The van der Waals surface area contributed by atoms with Crippen LogP contribution in [0.5, 0.6) is 0 Å². The van der Waals surface area contributed by atoms with Crippen LogP contribution >= 0.6 is 11.8 Å². The molecule has 86 valence electrons. The van der Waals surface area contributed by atoms with Crippen LogP contribution in [0, 0.1) is 6.92 Å². The number of Topliss-reactive ketones (excluding diaryl/α,β-unsaturated/α-hetero) is 1. The molecule has 0 N–H and O–H groups in total. The molecule has 0 saturated heterocycles. The molecule has 0 bridgehead atoms. The molecule has 0 heterocycles. The Labute approximate surface area is 102 Å². The van der Waals surface area contributed by atoms with Gasteiger partial charge in [0.1, 0.15) is 5.78 Å². The van der Waals surface area contributed by atoms with Crippen LogP contribution in [0.2, 0.25) is 0 Å². The maximum Gasteiger partial charge on any atom is 0.149 e. The Morgan fingerprint density at radius 2 is 2.00 bits per heavy atom. The topological polar surface area (TPSA) is 17.1 Å². The molecule has 2 heteroatoms. The van der Waals surface area contributed by atoms with E-state index in [0.717, 1.165) is 25.7 Å². The molecule has 1 aromatic rings. The van der Waals surface area contributed by atoms with Gasteiger partial charge in [-0.2, -0.15) is 0 Å². The van der Waals surface area contributed by atoms with Crippen molar-refractivity contribution >= 4 is 17.5 Å². The van der Waals surface area contributed by atoms with E-state index in [1.54, 1.807) is 11.8 Å². The van der Waals surface area contributed by atoms with E-state index in [4.69, 9.17) is 0 Å². The average Bonchev–Trinajstić information content (AvgIpc) is 2.64. The largest absolute Gasteiger partial charge is 0.298 e. The van der Waals surface area contributed by atoms with Crippen molar-refractivity contribution in [2.75, 3.05) is 0 Å². The Morgan fingerprint density at radius 1 is 1.31 bits per heavy atom. The van der Waals surface area contributed by atoms with Crippen molar-refractivity contribution in [1.82, 2.24) is 0 Å². The molecule has 1 aliphatic rings. The zero-order chi connectivity index (χ0) is 11.6. The van der Waals surface area contributed by atoms with Crippen molar-refractivity contribution < 1.29 is 4.79 Å². The van der Waals surface area contributed by atoms with Gasteiger partial charge in [-0.15, -0.1) is 11.8 Å². The molecule has 0 aromatic heterocycles. The van der Waals surface area contributed by atoms with Crippen LogP contribution in [0.15, 0.2) is 29.2 Å². The first-order valence-electron chi connectivity index (χ1n) is 5.95. The first-order valence-corrected chi connectivity index (χ1v) is 6.77. The Balaban J connectivity index is 2.18. The summed E-state index contributed by atoms with van der Waals surface area (Å²) >= 11 is 1.77. The number of ketones is 1. The van der Waals surface area contributed by atoms with E-state index in [2.05, 4.69) is 38.1 Å². The fraction of sp³-hybridized carbons (Fsp3) is 0.500. The Bertz CT molecular complexity index is 382. The van der Waals surface area contributed by atoms with Crippen LogP contribution in [0.4, 0.5) is 0 Å². The van der Waals surface area contributed by atoms with Gasteiger partial charge in [-0.25, -0.2) is 0 Å². The highest BCUT2D eigenvalue weighted by molar-refractivity contribution is 8.01. The summed E-state index contributed by atoms with van der Waals surface area (Å²) < 4.78 is -0.130. The smallest absolute Gasteiger partial charge is 0.149 e. The lowest BCUT2D eigenvalue weighted by Gasteiger charge is -2.25. The number of thioether (sulfide) groups is 1. The molecule has 0 amide bonds. The van der Waals surface area contributed by atoms with Gasteiger partial charge in [-0.05, 0) is 38.3 Å². The van der Waals surface area contributed by atoms with E-state index in [-0.39, 0.29) is 4.75 Å². The second-order valence-electron chi connectivity index (χ2n) is 4.54. The zero-order valence-corrected chi connectivity index (χ0v) is 10.8. The summed E-state index contributed by atoms with van der Waals surface area (Å²) in [6.07, 6.45) is 3.82. The molecule has 1 atom stereocenters. The fourth-order valence-electron chi connectivity index (χ4n) is 2.29. The highest BCUT2D eigenvalue weighted by atomic mass is 32.2. The molecule has 2 rings (SSSR count). The molecule has 1 aromatic carbocycles. The van der Waals surface area contributed by atoms with Gasteiger partial charge in [-0.3, -0.25) is 4.79 Å². The monoisotopic (exact) mass is 234 g/mol. The number of benzene rings is 1. The second kappa shape index (κ2) is 4.62. The van der Waals surface area contributed by atoms with Crippen LogP contribution < -0.4 is 0 Å². The molecule has 1 saturated carbocycles. The minimum Gasteiger partial charge on any atom is -0.298 e. The van der Waals surface area contributed by atoms with E-state index in [1.807, 2.05) is 0 Å². The van der Waals surface area contributed by atoms with E-state index >= 15 is 0 Å². The van der Waals surface area contributed by atoms with Crippen LogP contribution in [0.1, 0.15) is 38.2 Å². The van der Waals surface area contributed by atoms with Crippen molar-refractivity contribution in [3.05, 3.63) is 29.8 Å². The van der Waals surface area contributed by atoms with Gasteiger partial charge in [0.15, 0.2) is 0 Å². The van der Waals surface area contributed by atoms with Crippen LogP contribution in [-0.4, -0.2) is 10.5 Å². The van der Waals surface area contributed by atoms with Gasteiger partial charge in [-0.1, -0.05) is 24.6 Å². The molecule has 0 aliphatic heterocycles. The third kappa shape index (κ3) is 2.17. The van der Waals surface area contributed by atoms with Gasteiger partial charge in [0.2, 0.25) is 0 Å². The molecule has 0 spiro atoms. The molecule has 1 aliphatic carbocycles. The van der Waals surface area contributed by atoms with Gasteiger partial charge in [0.25, 0.3) is 0 Å². The SMILES string of the molecule is CCC1(Sc2ccc(C)cc2)CCCC1=O. The minimum absolute atomic E-state index is 0.130. The summed E-state index contributed by atoms with van der Waals surface area (Å²) in [5, 5.41) is 0. The first-order chi connectivity index (χ1) is 7.66. The van der Waals surface area contributed by atoms with Crippen molar-refractivity contribution in [2.24, 2.45) is 0 Å². The quantitative estimate of drug-likeness (QED) is 0.786. The second-order valence-corrected chi connectivity index (χ2v) is 6.00. The maximum atomic E-state index is 12.0. The van der Waals surface area contributed by atoms with Crippen molar-refractivity contribution in [1.29, 1.82) is 0 Å². The third-order valence-corrected chi connectivity index (χ3v) is 5.02. The number of hydrogen-bond donors (Lipinski definition) is 0. The van der Waals surface area contributed by atoms with E-state index in [9.17, 15) is 4.79 Å². The van der Waals surface area contributed by atoms with Crippen molar-refractivity contribution in [3.63, 3.8) is 0 Å². The van der Waals surface area contributed by atoms with Gasteiger partial charge in [0, 0.05) is 11.3 Å². The molecular weight excluding hydrogens is 216 g/mol. The van der Waals surface area contributed by atoms with Gasteiger partial charge < -0.3 is 0 Å². The van der Waals surface area contributed by atoms with Gasteiger partial charge in [0.05, 0.1) is 4.75 Å². The summed E-state index contributed by atoms with van der Waals surface area (Å²) in [5.41, 5.74) is 1.27. The molecule has 1 fully saturated rings. The number of carbonyl (C=O) groups is 1. The third-order valence-electron chi connectivity index (χ3n) is 3.40. The summed E-state index contributed by atoms with van der Waals surface area (Å²) in [4.78, 5) is 13.2. The normalized spacial score (nSPS) is 25.0. The number of aryl methyl sites for hydroxylation is 1. The highest BCUT2D eigenvalue weighted by Crippen LogP contribution is 2.45. The Morgan fingerprint density at radius 3 is 2.50 bits per heavy atom. The predicted octanol–water partition coefficient (Wildman–Crippen LogP) is 3.99. The number of hydrogen-bond acceptors (Lipinski definition) is 2. The average molecular weight is 234 g/mol. The molecular formula is C14H18OS. The Kier molecular flexibility index (Phi) is 3.38. The fourth-order valence-corrected chi connectivity index (χ4v) is 3.62. The first kappa shape index (κ1) is 11.7.